The van der Waals surface area contributed by atoms with Crippen LogP contribution in [0.2, 0.25) is 5.02 Å². The largest absolute Gasteiger partial charge is 0.388 e. The van der Waals surface area contributed by atoms with E-state index >= 15 is 0 Å². The first kappa shape index (κ1) is 17.9. The predicted octanol–water partition coefficient (Wildman–Crippen LogP) is 3.68. The Morgan fingerprint density at radius 3 is 2.80 bits per heavy atom. The van der Waals surface area contributed by atoms with Crippen molar-refractivity contribution in [3.05, 3.63) is 64.4 Å². The fourth-order valence-corrected chi connectivity index (χ4v) is 3.45. The fourth-order valence-electron chi connectivity index (χ4n) is 3.24. The number of benzene rings is 1. The molecule has 1 aliphatic heterocycles. The Morgan fingerprint density at radius 2 is 2.16 bits per heavy atom. The van der Waals surface area contributed by atoms with Crippen LogP contribution in [0.15, 0.2) is 42.6 Å². The molecular formula is C20H23ClN2O2. The number of halogens is 1. The summed E-state index contributed by atoms with van der Waals surface area (Å²) < 4.78 is 0. The molecule has 0 aliphatic carbocycles. The molecule has 1 saturated heterocycles. The van der Waals surface area contributed by atoms with Crippen molar-refractivity contribution in [1.82, 2.24) is 9.88 Å². The first-order chi connectivity index (χ1) is 11.9. The van der Waals surface area contributed by atoms with E-state index in [9.17, 15) is 9.90 Å². The number of amides is 1. The lowest BCUT2D eigenvalue weighted by Gasteiger charge is -2.23. The van der Waals surface area contributed by atoms with Gasteiger partial charge in [0.2, 0.25) is 0 Å². The van der Waals surface area contributed by atoms with Crippen molar-refractivity contribution in [2.45, 2.75) is 38.2 Å². The van der Waals surface area contributed by atoms with Crippen LogP contribution >= 0.6 is 11.6 Å². The molecule has 1 amide bonds. The van der Waals surface area contributed by atoms with Crippen molar-refractivity contribution in [1.29, 1.82) is 0 Å². The van der Waals surface area contributed by atoms with Crippen molar-refractivity contribution in [2.24, 2.45) is 0 Å². The summed E-state index contributed by atoms with van der Waals surface area (Å²) >= 11 is 6.02. The molecule has 1 fully saturated rings. The van der Waals surface area contributed by atoms with Gasteiger partial charge in [-0.15, -0.1) is 0 Å². The zero-order valence-electron chi connectivity index (χ0n) is 14.6. The maximum atomic E-state index is 12.7. The van der Waals surface area contributed by atoms with E-state index in [4.69, 9.17) is 11.6 Å². The molecule has 1 aromatic heterocycles. The SMILES string of the molecule is CC(C)c1ccc(C(=O)N2CCC(O)(Cc3cccc(Cl)c3)C2)nc1. The van der Waals surface area contributed by atoms with E-state index in [-0.39, 0.29) is 5.91 Å². The van der Waals surface area contributed by atoms with Gasteiger partial charge in [-0.1, -0.05) is 43.6 Å². The molecule has 0 bridgehead atoms. The summed E-state index contributed by atoms with van der Waals surface area (Å²) in [6.07, 6.45) is 2.79. The lowest BCUT2D eigenvalue weighted by molar-refractivity contribution is 0.0443. The highest BCUT2D eigenvalue weighted by Crippen LogP contribution is 2.27. The summed E-state index contributed by atoms with van der Waals surface area (Å²) in [6, 6.07) is 11.2. The van der Waals surface area contributed by atoms with E-state index in [1.54, 1.807) is 17.2 Å². The van der Waals surface area contributed by atoms with Crippen molar-refractivity contribution < 1.29 is 9.90 Å². The molecule has 25 heavy (non-hydrogen) atoms. The van der Waals surface area contributed by atoms with Gasteiger partial charge >= 0.3 is 0 Å². The number of nitrogens with zero attached hydrogens (tertiary/aromatic N) is 2. The third-order valence-electron chi connectivity index (χ3n) is 4.71. The molecule has 3 rings (SSSR count). The van der Waals surface area contributed by atoms with Crippen LogP contribution < -0.4 is 0 Å². The number of aliphatic hydroxyl groups is 1. The number of carbonyl (C=O) groups is 1. The van der Waals surface area contributed by atoms with Gasteiger partial charge < -0.3 is 10.0 Å². The maximum absolute atomic E-state index is 12.7. The van der Waals surface area contributed by atoms with E-state index in [1.807, 2.05) is 30.3 Å². The molecule has 1 N–H and O–H groups in total. The normalized spacial score (nSPS) is 20.3. The molecule has 0 spiro atoms. The van der Waals surface area contributed by atoms with Gasteiger partial charge in [0.25, 0.3) is 5.91 Å². The van der Waals surface area contributed by atoms with Gasteiger partial charge in [0, 0.05) is 24.2 Å². The first-order valence-corrected chi connectivity index (χ1v) is 8.96. The third kappa shape index (κ3) is 4.20. The molecule has 2 heterocycles. The Balaban J connectivity index is 1.68. The summed E-state index contributed by atoms with van der Waals surface area (Å²) in [5.74, 6) is 0.253. The minimum absolute atomic E-state index is 0.127. The number of likely N-dealkylation sites (tertiary alicyclic amines) is 1. The molecule has 1 aliphatic rings. The van der Waals surface area contributed by atoms with Crippen molar-refractivity contribution >= 4 is 17.5 Å². The Hall–Kier alpha value is -1.91. The number of hydrogen-bond acceptors (Lipinski definition) is 3. The number of aromatic nitrogens is 1. The van der Waals surface area contributed by atoms with E-state index in [1.165, 1.54) is 0 Å². The zero-order valence-corrected chi connectivity index (χ0v) is 15.3. The summed E-state index contributed by atoms with van der Waals surface area (Å²) in [5, 5.41) is 11.5. The monoisotopic (exact) mass is 358 g/mol. The van der Waals surface area contributed by atoms with Gasteiger partial charge in [-0.25, -0.2) is 0 Å². The second-order valence-electron chi connectivity index (χ2n) is 7.14. The third-order valence-corrected chi connectivity index (χ3v) is 4.95. The average Bonchev–Trinajstić information content (AvgIpc) is 2.96. The van der Waals surface area contributed by atoms with Crippen LogP contribution in [-0.4, -0.2) is 39.6 Å². The highest BCUT2D eigenvalue weighted by Gasteiger charge is 2.38. The molecule has 0 radical (unpaired) electrons. The van der Waals surface area contributed by atoms with Crippen LogP contribution in [0.4, 0.5) is 0 Å². The van der Waals surface area contributed by atoms with Gasteiger partial charge in [-0.05, 0) is 41.7 Å². The number of pyridine rings is 1. The summed E-state index contributed by atoms with van der Waals surface area (Å²) in [7, 11) is 0. The van der Waals surface area contributed by atoms with Crippen LogP contribution in [-0.2, 0) is 6.42 Å². The second-order valence-corrected chi connectivity index (χ2v) is 7.58. The Kier molecular flexibility index (Phi) is 5.11. The molecule has 4 nitrogen and oxygen atoms in total. The van der Waals surface area contributed by atoms with Crippen LogP contribution in [0.3, 0.4) is 0 Å². The summed E-state index contributed by atoms with van der Waals surface area (Å²) in [5.41, 5.74) is 1.59. The molecular weight excluding hydrogens is 336 g/mol. The second kappa shape index (κ2) is 7.14. The molecule has 1 atom stereocenters. The smallest absolute Gasteiger partial charge is 0.272 e. The van der Waals surface area contributed by atoms with Crippen LogP contribution in [0.1, 0.15) is 47.8 Å². The highest BCUT2D eigenvalue weighted by atomic mass is 35.5. The average molecular weight is 359 g/mol. The Labute approximate surface area is 153 Å². The molecule has 132 valence electrons. The zero-order chi connectivity index (χ0) is 18.0. The Bertz CT molecular complexity index is 761. The van der Waals surface area contributed by atoms with Gasteiger partial charge in [-0.3, -0.25) is 9.78 Å². The predicted molar refractivity (Wildman–Crippen MR) is 99.0 cm³/mol. The minimum atomic E-state index is -0.918. The van der Waals surface area contributed by atoms with Gasteiger partial charge in [-0.2, -0.15) is 0 Å². The van der Waals surface area contributed by atoms with Gasteiger partial charge in [0.15, 0.2) is 0 Å². The number of rotatable bonds is 4. The van der Waals surface area contributed by atoms with Crippen LogP contribution in [0.5, 0.6) is 0 Å². The molecule has 1 aromatic carbocycles. The topological polar surface area (TPSA) is 53.4 Å². The van der Waals surface area contributed by atoms with E-state index < -0.39 is 5.60 Å². The highest BCUT2D eigenvalue weighted by molar-refractivity contribution is 6.30. The molecule has 0 saturated carbocycles. The van der Waals surface area contributed by atoms with E-state index in [2.05, 4.69) is 18.8 Å². The fraction of sp³-hybridized carbons (Fsp3) is 0.400. The van der Waals surface area contributed by atoms with Crippen molar-refractivity contribution in [2.75, 3.05) is 13.1 Å². The lowest BCUT2D eigenvalue weighted by atomic mass is 9.94. The lowest BCUT2D eigenvalue weighted by Crippen LogP contribution is -2.38. The van der Waals surface area contributed by atoms with Crippen molar-refractivity contribution in [3.63, 3.8) is 0 Å². The molecule has 1 unspecified atom stereocenters. The number of carbonyl (C=O) groups excluding carboxylic acids is 1. The summed E-state index contributed by atoms with van der Waals surface area (Å²) in [4.78, 5) is 18.6. The van der Waals surface area contributed by atoms with E-state index in [0.29, 0.717) is 42.6 Å². The maximum Gasteiger partial charge on any atom is 0.272 e. The summed E-state index contributed by atoms with van der Waals surface area (Å²) in [6.45, 7) is 5.03. The van der Waals surface area contributed by atoms with Crippen LogP contribution in [0, 0.1) is 0 Å². The molecule has 5 heteroatoms. The quantitative estimate of drug-likeness (QED) is 0.907. The van der Waals surface area contributed by atoms with E-state index in [0.717, 1.165) is 11.1 Å². The molecule has 2 aromatic rings. The van der Waals surface area contributed by atoms with Crippen LogP contribution in [0.25, 0.3) is 0 Å². The van der Waals surface area contributed by atoms with Gasteiger partial charge in [0.1, 0.15) is 5.69 Å². The van der Waals surface area contributed by atoms with Gasteiger partial charge in [0.05, 0.1) is 12.1 Å². The van der Waals surface area contributed by atoms with Crippen molar-refractivity contribution in [3.8, 4) is 0 Å². The Morgan fingerprint density at radius 1 is 1.36 bits per heavy atom. The number of β-amino-alcohol motifs (C(OH)–C–C–N with tert-alkyl or cyclic N) is 1. The standard InChI is InChI=1S/C20H23ClN2O2/c1-14(2)16-6-7-18(22-12-16)19(24)23-9-8-20(25,13-23)11-15-4-3-5-17(21)10-15/h3-7,10,12,14,25H,8-9,11,13H2,1-2H3. The minimum Gasteiger partial charge on any atom is -0.388 e. The number of hydrogen-bond donors (Lipinski definition) is 1. The first-order valence-electron chi connectivity index (χ1n) is 8.58.